The largest absolute Gasteiger partial charge is 0.465 e. The van der Waals surface area contributed by atoms with E-state index in [0.29, 0.717) is 6.61 Å². The first-order chi connectivity index (χ1) is 7.74. The van der Waals surface area contributed by atoms with Crippen LogP contribution in [-0.2, 0) is 9.53 Å². The minimum Gasteiger partial charge on any atom is -0.465 e. The van der Waals surface area contributed by atoms with Gasteiger partial charge in [0.15, 0.2) is 0 Å². The molecular weight excluding hydrogens is 202 g/mol. The number of carbonyl (C=O) groups excluding carboxylic acids is 1. The lowest BCUT2D eigenvalue weighted by Crippen LogP contribution is -2.36. The Morgan fingerprint density at radius 3 is 3.00 bits per heavy atom. The molecule has 0 aromatic carbocycles. The molecule has 92 valence electrons. The van der Waals surface area contributed by atoms with E-state index in [1.807, 2.05) is 13.8 Å². The third-order valence-electron chi connectivity index (χ3n) is 2.92. The van der Waals surface area contributed by atoms with Crippen LogP contribution < -0.4 is 5.32 Å². The number of ether oxygens (including phenoxy) is 1. The molecule has 0 aromatic heterocycles. The molecule has 0 spiro atoms. The minimum atomic E-state index is -0.191. The molecule has 16 heavy (non-hydrogen) atoms. The summed E-state index contributed by atoms with van der Waals surface area (Å²) in [6, 6.07) is -0.191. The molecule has 3 nitrogen and oxygen atoms in total. The Balaban J connectivity index is 2.14. The lowest BCUT2D eigenvalue weighted by molar-refractivity contribution is -0.145. The van der Waals surface area contributed by atoms with Crippen LogP contribution in [0.2, 0.25) is 0 Å². The summed E-state index contributed by atoms with van der Waals surface area (Å²) in [5.41, 5.74) is 1.54. The molecule has 1 N–H and O–H groups in total. The maximum absolute atomic E-state index is 11.3. The van der Waals surface area contributed by atoms with Gasteiger partial charge in [0.2, 0.25) is 0 Å². The first-order valence-electron chi connectivity index (χ1n) is 6.32. The Morgan fingerprint density at radius 1 is 1.56 bits per heavy atom. The Kier molecular flexibility index (Phi) is 6.16. The van der Waals surface area contributed by atoms with Gasteiger partial charge in [-0.1, -0.05) is 11.6 Å². The summed E-state index contributed by atoms with van der Waals surface area (Å²) in [7, 11) is 0. The van der Waals surface area contributed by atoms with Crippen LogP contribution in [0.15, 0.2) is 11.6 Å². The average Bonchev–Trinajstić information content (AvgIpc) is 2.30. The van der Waals surface area contributed by atoms with Crippen LogP contribution in [0, 0.1) is 0 Å². The van der Waals surface area contributed by atoms with Crippen LogP contribution in [-0.4, -0.2) is 25.2 Å². The van der Waals surface area contributed by atoms with Gasteiger partial charge in [-0.2, -0.15) is 0 Å². The van der Waals surface area contributed by atoms with Gasteiger partial charge in [-0.05, 0) is 52.5 Å². The molecule has 0 aliphatic heterocycles. The maximum atomic E-state index is 11.3. The van der Waals surface area contributed by atoms with E-state index < -0.39 is 0 Å². The van der Waals surface area contributed by atoms with E-state index in [1.54, 1.807) is 0 Å². The highest BCUT2D eigenvalue weighted by Crippen LogP contribution is 2.19. The number of hydrogen-bond acceptors (Lipinski definition) is 3. The molecule has 1 aliphatic rings. The number of hydrogen-bond donors (Lipinski definition) is 1. The third kappa shape index (κ3) is 4.79. The van der Waals surface area contributed by atoms with Gasteiger partial charge in [-0.3, -0.25) is 4.79 Å². The zero-order valence-electron chi connectivity index (χ0n) is 10.4. The van der Waals surface area contributed by atoms with Gasteiger partial charge in [0, 0.05) is 0 Å². The van der Waals surface area contributed by atoms with Crippen molar-refractivity contribution in [2.75, 3.05) is 13.2 Å². The van der Waals surface area contributed by atoms with Crippen molar-refractivity contribution in [1.29, 1.82) is 0 Å². The summed E-state index contributed by atoms with van der Waals surface area (Å²) in [5, 5.41) is 3.20. The summed E-state index contributed by atoms with van der Waals surface area (Å²) in [5.74, 6) is -0.153. The SMILES string of the molecule is CCOC(=O)C(C)NCCC1=CCCCC1. The van der Waals surface area contributed by atoms with Crippen molar-refractivity contribution in [2.24, 2.45) is 0 Å². The summed E-state index contributed by atoms with van der Waals surface area (Å²) in [6.45, 7) is 5.01. The molecule has 0 saturated heterocycles. The zero-order valence-corrected chi connectivity index (χ0v) is 10.4. The fourth-order valence-corrected chi connectivity index (χ4v) is 1.93. The highest BCUT2D eigenvalue weighted by molar-refractivity contribution is 5.75. The van der Waals surface area contributed by atoms with E-state index in [1.165, 1.54) is 31.3 Å². The Bertz CT molecular complexity index is 248. The minimum absolute atomic E-state index is 0.153. The molecule has 0 radical (unpaired) electrons. The van der Waals surface area contributed by atoms with Gasteiger partial charge in [-0.25, -0.2) is 0 Å². The van der Waals surface area contributed by atoms with E-state index >= 15 is 0 Å². The highest BCUT2D eigenvalue weighted by atomic mass is 16.5. The second kappa shape index (κ2) is 7.44. The lowest BCUT2D eigenvalue weighted by Gasteiger charge is -2.15. The molecule has 1 unspecified atom stereocenters. The van der Waals surface area contributed by atoms with Gasteiger partial charge in [0.05, 0.1) is 6.61 Å². The molecule has 0 saturated carbocycles. The molecule has 1 rings (SSSR count). The fourth-order valence-electron chi connectivity index (χ4n) is 1.93. The molecule has 3 heteroatoms. The summed E-state index contributed by atoms with van der Waals surface area (Å²) in [6.07, 6.45) is 8.51. The van der Waals surface area contributed by atoms with E-state index in [4.69, 9.17) is 4.74 Å². The molecule has 0 bridgehead atoms. The summed E-state index contributed by atoms with van der Waals surface area (Å²) in [4.78, 5) is 11.3. The second-order valence-corrected chi connectivity index (χ2v) is 4.29. The smallest absolute Gasteiger partial charge is 0.322 e. The molecule has 0 aromatic rings. The van der Waals surface area contributed by atoms with E-state index in [2.05, 4.69) is 11.4 Å². The van der Waals surface area contributed by atoms with E-state index in [0.717, 1.165) is 13.0 Å². The molecule has 0 fully saturated rings. The van der Waals surface area contributed by atoms with Crippen LogP contribution >= 0.6 is 0 Å². The van der Waals surface area contributed by atoms with Crippen molar-refractivity contribution < 1.29 is 9.53 Å². The van der Waals surface area contributed by atoms with Crippen LogP contribution in [0.3, 0.4) is 0 Å². The number of carbonyl (C=O) groups is 1. The predicted molar refractivity (Wildman–Crippen MR) is 65.3 cm³/mol. The third-order valence-corrected chi connectivity index (χ3v) is 2.92. The van der Waals surface area contributed by atoms with Crippen molar-refractivity contribution >= 4 is 5.97 Å². The Labute approximate surface area is 98.2 Å². The first kappa shape index (κ1) is 13.2. The molecule has 0 amide bonds. The van der Waals surface area contributed by atoms with Gasteiger partial charge < -0.3 is 10.1 Å². The van der Waals surface area contributed by atoms with Gasteiger partial charge in [-0.15, -0.1) is 0 Å². The number of rotatable bonds is 6. The molecule has 1 atom stereocenters. The predicted octanol–water partition coefficient (Wildman–Crippen LogP) is 2.42. The van der Waals surface area contributed by atoms with Crippen LogP contribution in [0.25, 0.3) is 0 Å². The fraction of sp³-hybridized carbons (Fsp3) is 0.769. The molecule has 0 heterocycles. The van der Waals surface area contributed by atoms with Gasteiger partial charge >= 0.3 is 5.97 Å². The van der Waals surface area contributed by atoms with Crippen LogP contribution in [0.4, 0.5) is 0 Å². The van der Waals surface area contributed by atoms with Crippen molar-refractivity contribution in [3.05, 3.63) is 11.6 Å². The number of nitrogens with one attached hydrogen (secondary N) is 1. The van der Waals surface area contributed by atoms with E-state index in [-0.39, 0.29) is 12.0 Å². The zero-order chi connectivity index (χ0) is 11.8. The summed E-state index contributed by atoms with van der Waals surface area (Å²) < 4.78 is 4.93. The van der Waals surface area contributed by atoms with E-state index in [9.17, 15) is 4.79 Å². The first-order valence-corrected chi connectivity index (χ1v) is 6.32. The standard InChI is InChI=1S/C13H23NO2/c1-3-16-13(15)11(2)14-10-9-12-7-5-4-6-8-12/h7,11,14H,3-6,8-10H2,1-2H3. The van der Waals surface area contributed by atoms with Crippen molar-refractivity contribution in [3.8, 4) is 0 Å². The highest BCUT2D eigenvalue weighted by Gasteiger charge is 2.12. The average molecular weight is 225 g/mol. The van der Waals surface area contributed by atoms with Crippen molar-refractivity contribution in [2.45, 2.75) is 52.0 Å². The normalized spacial score (nSPS) is 17.8. The van der Waals surface area contributed by atoms with Crippen molar-refractivity contribution in [1.82, 2.24) is 5.32 Å². The van der Waals surface area contributed by atoms with Crippen LogP contribution in [0.1, 0.15) is 46.0 Å². The van der Waals surface area contributed by atoms with Crippen molar-refractivity contribution in [3.63, 3.8) is 0 Å². The molecular formula is C13H23NO2. The topological polar surface area (TPSA) is 38.3 Å². The second-order valence-electron chi connectivity index (χ2n) is 4.29. The quantitative estimate of drug-likeness (QED) is 0.557. The number of allylic oxidation sites excluding steroid dienone is 1. The number of esters is 1. The monoisotopic (exact) mass is 225 g/mol. The van der Waals surface area contributed by atoms with Gasteiger partial charge in [0.25, 0.3) is 0 Å². The Hall–Kier alpha value is -0.830. The van der Waals surface area contributed by atoms with Gasteiger partial charge in [0.1, 0.15) is 6.04 Å². The Morgan fingerprint density at radius 2 is 2.38 bits per heavy atom. The maximum Gasteiger partial charge on any atom is 0.322 e. The lowest BCUT2D eigenvalue weighted by atomic mass is 9.97. The molecule has 1 aliphatic carbocycles. The summed E-state index contributed by atoms with van der Waals surface area (Å²) >= 11 is 0. The van der Waals surface area contributed by atoms with Crippen LogP contribution in [0.5, 0.6) is 0 Å².